The lowest BCUT2D eigenvalue weighted by Gasteiger charge is -2.11. The minimum atomic E-state index is 0.507. The van der Waals surface area contributed by atoms with Crippen LogP contribution in [0.1, 0.15) is 31.7 Å². The molecule has 0 aliphatic carbocycles. The van der Waals surface area contributed by atoms with Gasteiger partial charge in [-0.3, -0.25) is 0 Å². The van der Waals surface area contributed by atoms with Crippen molar-refractivity contribution in [1.29, 1.82) is 0 Å². The smallest absolute Gasteiger partial charge is 0.147 e. The lowest BCUT2D eigenvalue weighted by molar-refractivity contribution is 0.302. The van der Waals surface area contributed by atoms with Crippen molar-refractivity contribution in [3.63, 3.8) is 0 Å². The summed E-state index contributed by atoms with van der Waals surface area (Å²) in [5.74, 6) is 1.37. The summed E-state index contributed by atoms with van der Waals surface area (Å²) in [6.07, 6.45) is 3.50. The summed E-state index contributed by atoms with van der Waals surface area (Å²) in [6.45, 7) is 2.94. The lowest BCUT2D eigenvalue weighted by Crippen LogP contribution is -1.99. The summed E-state index contributed by atoms with van der Waals surface area (Å²) in [5, 5.41) is 0. The van der Waals surface area contributed by atoms with Crippen molar-refractivity contribution in [1.82, 2.24) is 0 Å². The van der Waals surface area contributed by atoms with Crippen LogP contribution in [0, 0.1) is 0 Å². The molecule has 0 atom stereocenters. The molecule has 0 bridgehead atoms. The first-order valence-electron chi connectivity index (χ1n) is 5.35. The normalized spacial score (nSPS) is 10.5. The fraction of sp³-hybridized carbons (Fsp3) is 0.500. The highest BCUT2D eigenvalue weighted by Gasteiger charge is 2.08. The zero-order valence-corrected chi connectivity index (χ0v) is 13.2. The second kappa shape index (κ2) is 7.57. The summed E-state index contributed by atoms with van der Waals surface area (Å²) in [5.41, 5.74) is 1.07. The highest BCUT2D eigenvalue weighted by atomic mass is 79.9. The Bertz CT molecular complexity index is 319. The SMILES string of the molecule is CCCCCOc1c(Br)cc(CCl)cc1Br. The highest BCUT2D eigenvalue weighted by molar-refractivity contribution is 9.11. The topological polar surface area (TPSA) is 9.23 Å². The zero-order chi connectivity index (χ0) is 12.0. The molecule has 0 aliphatic rings. The van der Waals surface area contributed by atoms with Crippen LogP contribution in [-0.4, -0.2) is 6.61 Å². The molecule has 0 heterocycles. The molecule has 4 heteroatoms. The van der Waals surface area contributed by atoms with Gasteiger partial charge < -0.3 is 4.74 Å². The number of unbranched alkanes of at least 4 members (excludes halogenated alkanes) is 2. The second-order valence-corrected chi connectivity index (χ2v) is 5.55. The molecule has 1 nitrogen and oxygen atoms in total. The van der Waals surface area contributed by atoms with E-state index in [1.807, 2.05) is 12.1 Å². The molecular weight excluding hydrogens is 355 g/mol. The minimum Gasteiger partial charge on any atom is -0.491 e. The Hall–Kier alpha value is 0.270. The fourth-order valence-corrected chi connectivity index (χ4v) is 3.02. The molecule has 0 aliphatic heterocycles. The third-order valence-corrected chi connectivity index (χ3v) is 3.69. The van der Waals surface area contributed by atoms with Gasteiger partial charge in [-0.1, -0.05) is 19.8 Å². The summed E-state index contributed by atoms with van der Waals surface area (Å²) >= 11 is 12.8. The number of benzene rings is 1. The van der Waals surface area contributed by atoms with Crippen molar-refractivity contribution < 1.29 is 4.74 Å². The molecule has 0 radical (unpaired) electrons. The molecule has 0 spiro atoms. The van der Waals surface area contributed by atoms with E-state index in [9.17, 15) is 0 Å². The Morgan fingerprint density at radius 2 is 1.81 bits per heavy atom. The van der Waals surface area contributed by atoms with Gasteiger partial charge in [-0.25, -0.2) is 0 Å². The van der Waals surface area contributed by atoms with Crippen LogP contribution in [-0.2, 0) is 5.88 Å². The maximum Gasteiger partial charge on any atom is 0.147 e. The standard InChI is InChI=1S/C12H15Br2ClO/c1-2-3-4-5-16-12-10(13)6-9(8-15)7-11(12)14/h6-7H,2-5,8H2,1H3. The fourth-order valence-electron chi connectivity index (χ4n) is 1.35. The van der Waals surface area contributed by atoms with Crippen LogP contribution in [0.3, 0.4) is 0 Å². The molecule has 16 heavy (non-hydrogen) atoms. The predicted molar refractivity (Wildman–Crippen MR) is 76.4 cm³/mol. The number of ether oxygens (including phenoxy) is 1. The van der Waals surface area contributed by atoms with Gasteiger partial charge in [0.25, 0.3) is 0 Å². The van der Waals surface area contributed by atoms with Crippen molar-refractivity contribution in [3.05, 3.63) is 26.6 Å². The molecule has 0 unspecified atom stereocenters. The third kappa shape index (κ3) is 4.27. The van der Waals surface area contributed by atoms with Gasteiger partial charge in [0.2, 0.25) is 0 Å². The average molecular weight is 371 g/mol. The van der Waals surface area contributed by atoms with Gasteiger partial charge in [-0.05, 0) is 56.0 Å². The molecule has 0 amide bonds. The number of rotatable bonds is 6. The van der Waals surface area contributed by atoms with E-state index in [2.05, 4.69) is 38.8 Å². The summed E-state index contributed by atoms with van der Waals surface area (Å²) in [4.78, 5) is 0. The number of alkyl halides is 1. The predicted octanol–water partition coefficient (Wildman–Crippen LogP) is 5.52. The first-order chi connectivity index (χ1) is 7.69. The molecule has 0 N–H and O–H groups in total. The number of halogens is 3. The Kier molecular flexibility index (Phi) is 6.78. The van der Waals surface area contributed by atoms with Gasteiger partial charge in [-0.2, -0.15) is 0 Å². The molecular formula is C12H15Br2ClO. The van der Waals surface area contributed by atoms with Gasteiger partial charge in [0.1, 0.15) is 5.75 Å². The largest absolute Gasteiger partial charge is 0.491 e. The average Bonchev–Trinajstić information content (AvgIpc) is 2.26. The van der Waals surface area contributed by atoms with E-state index in [4.69, 9.17) is 16.3 Å². The van der Waals surface area contributed by atoms with Crippen LogP contribution in [0.2, 0.25) is 0 Å². The molecule has 0 saturated heterocycles. The second-order valence-electron chi connectivity index (χ2n) is 3.58. The molecule has 1 aromatic carbocycles. The highest BCUT2D eigenvalue weighted by Crippen LogP contribution is 2.35. The van der Waals surface area contributed by atoms with E-state index in [1.54, 1.807) is 0 Å². The first-order valence-corrected chi connectivity index (χ1v) is 7.47. The Morgan fingerprint density at radius 1 is 1.19 bits per heavy atom. The van der Waals surface area contributed by atoms with Crippen LogP contribution in [0.4, 0.5) is 0 Å². The van der Waals surface area contributed by atoms with E-state index < -0.39 is 0 Å². The molecule has 0 aromatic heterocycles. The van der Waals surface area contributed by atoms with E-state index in [1.165, 1.54) is 12.8 Å². The van der Waals surface area contributed by atoms with Crippen LogP contribution in [0.5, 0.6) is 5.75 Å². The van der Waals surface area contributed by atoms with Crippen LogP contribution < -0.4 is 4.74 Å². The Labute approximate surface area is 119 Å². The van der Waals surface area contributed by atoms with Gasteiger partial charge in [0.15, 0.2) is 0 Å². The van der Waals surface area contributed by atoms with Crippen molar-refractivity contribution >= 4 is 43.5 Å². The maximum atomic E-state index is 5.79. The molecule has 90 valence electrons. The zero-order valence-electron chi connectivity index (χ0n) is 9.23. The lowest BCUT2D eigenvalue weighted by atomic mass is 10.2. The monoisotopic (exact) mass is 368 g/mol. The number of hydrogen-bond donors (Lipinski definition) is 0. The quantitative estimate of drug-likeness (QED) is 0.473. The van der Waals surface area contributed by atoms with Crippen molar-refractivity contribution in [2.45, 2.75) is 32.1 Å². The van der Waals surface area contributed by atoms with Crippen molar-refractivity contribution in [2.24, 2.45) is 0 Å². The Balaban J connectivity index is 2.65. The van der Waals surface area contributed by atoms with E-state index in [0.29, 0.717) is 5.88 Å². The summed E-state index contributed by atoms with van der Waals surface area (Å²) in [6, 6.07) is 3.99. The molecule has 0 saturated carbocycles. The van der Waals surface area contributed by atoms with Crippen molar-refractivity contribution in [3.8, 4) is 5.75 Å². The maximum absolute atomic E-state index is 5.79. The van der Waals surface area contributed by atoms with Gasteiger partial charge in [0.05, 0.1) is 15.6 Å². The summed E-state index contributed by atoms with van der Waals surface area (Å²) < 4.78 is 7.64. The van der Waals surface area contributed by atoms with Gasteiger partial charge in [-0.15, -0.1) is 11.6 Å². The van der Waals surface area contributed by atoms with Gasteiger partial charge in [0, 0.05) is 5.88 Å². The van der Waals surface area contributed by atoms with Gasteiger partial charge >= 0.3 is 0 Å². The molecule has 0 fully saturated rings. The Morgan fingerprint density at radius 3 is 2.31 bits per heavy atom. The van der Waals surface area contributed by atoms with Crippen LogP contribution in [0.15, 0.2) is 21.1 Å². The number of hydrogen-bond acceptors (Lipinski definition) is 1. The molecule has 1 rings (SSSR count). The third-order valence-electron chi connectivity index (χ3n) is 2.21. The van der Waals surface area contributed by atoms with Crippen LogP contribution in [0.25, 0.3) is 0 Å². The van der Waals surface area contributed by atoms with E-state index >= 15 is 0 Å². The first kappa shape index (κ1) is 14.3. The summed E-state index contributed by atoms with van der Waals surface area (Å²) in [7, 11) is 0. The van der Waals surface area contributed by atoms with E-state index in [0.717, 1.165) is 33.3 Å². The van der Waals surface area contributed by atoms with E-state index in [-0.39, 0.29) is 0 Å². The van der Waals surface area contributed by atoms with Crippen LogP contribution >= 0.6 is 43.5 Å². The van der Waals surface area contributed by atoms with Crippen molar-refractivity contribution in [2.75, 3.05) is 6.61 Å². The molecule has 1 aromatic rings. The minimum absolute atomic E-state index is 0.507.